The quantitative estimate of drug-likeness (QED) is 0.564. The molecule has 7 nitrogen and oxygen atoms in total. The van der Waals surface area contributed by atoms with Crippen molar-refractivity contribution in [3.8, 4) is 12.3 Å². The lowest BCUT2D eigenvalue weighted by Gasteiger charge is -2.22. The van der Waals surface area contributed by atoms with Gasteiger partial charge in [-0.1, -0.05) is 42.3 Å². The summed E-state index contributed by atoms with van der Waals surface area (Å²) in [5.41, 5.74) is 0.689. The highest BCUT2D eigenvalue weighted by Crippen LogP contribution is 2.27. The van der Waals surface area contributed by atoms with E-state index in [2.05, 4.69) is 5.92 Å². The van der Waals surface area contributed by atoms with E-state index in [0.29, 0.717) is 11.1 Å². The van der Waals surface area contributed by atoms with Gasteiger partial charge in [0.1, 0.15) is 25.4 Å². The van der Waals surface area contributed by atoms with Gasteiger partial charge < -0.3 is 24.1 Å². The molecule has 3 rings (SSSR count). The zero-order chi connectivity index (χ0) is 20.6. The number of terminal acetylenes is 1. The average molecular weight is 396 g/mol. The van der Waals surface area contributed by atoms with E-state index >= 15 is 0 Å². The van der Waals surface area contributed by atoms with E-state index in [4.69, 9.17) is 25.4 Å². The third kappa shape index (κ3) is 5.21. The number of hydrogen-bond acceptors (Lipinski definition) is 7. The fourth-order valence-electron chi connectivity index (χ4n) is 2.89. The fraction of sp³-hybridized carbons (Fsp3) is 0.273. The second-order valence-corrected chi connectivity index (χ2v) is 6.25. The molecule has 1 N–H and O–H groups in total. The van der Waals surface area contributed by atoms with Crippen molar-refractivity contribution in [3.63, 3.8) is 0 Å². The summed E-state index contributed by atoms with van der Waals surface area (Å²) in [5, 5.41) is 10.2. The molecule has 0 saturated carbocycles. The number of esters is 2. The highest BCUT2D eigenvalue weighted by molar-refractivity contribution is 5.90. The van der Waals surface area contributed by atoms with Crippen LogP contribution in [-0.2, 0) is 18.9 Å². The van der Waals surface area contributed by atoms with Crippen LogP contribution in [-0.4, -0.2) is 54.9 Å². The molecule has 4 atom stereocenters. The molecule has 1 aliphatic heterocycles. The largest absolute Gasteiger partial charge is 0.459 e. The topological polar surface area (TPSA) is 91.3 Å². The zero-order valence-corrected chi connectivity index (χ0v) is 15.5. The summed E-state index contributed by atoms with van der Waals surface area (Å²) in [5.74, 6) is 1.10. The Hall–Kier alpha value is -3.18. The van der Waals surface area contributed by atoms with Crippen molar-refractivity contribution in [2.24, 2.45) is 0 Å². The first-order valence-electron chi connectivity index (χ1n) is 8.97. The second-order valence-electron chi connectivity index (χ2n) is 6.25. The van der Waals surface area contributed by atoms with E-state index in [1.165, 1.54) is 0 Å². The van der Waals surface area contributed by atoms with Crippen LogP contribution in [0.3, 0.4) is 0 Å². The standard InChI is InChI=1S/C22H20O7/c1-2-13-26-19-18(29-21(24)16-11-7-4-8-12-16)17(28-22(19)25)14-27-20(23)15-9-5-3-6-10-15/h1,3-12,17-19,22,25H,13-14H2. The van der Waals surface area contributed by atoms with Gasteiger partial charge in [-0.3, -0.25) is 0 Å². The van der Waals surface area contributed by atoms with Gasteiger partial charge >= 0.3 is 11.9 Å². The minimum Gasteiger partial charge on any atom is -0.459 e. The van der Waals surface area contributed by atoms with Crippen LogP contribution in [0.1, 0.15) is 20.7 Å². The summed E-state index contributed by atoms with van der Waals surface area (Å²) >= 11 is 0. The van der Waals surface area contributed by atoms with E-state index in [1.807, 2.05) is 0 Å². The smallest absolute Gasteiger partial charge is 0.338 e. The molecule has 0 amide bonds. The molecule has 2 aromatic carbocycles. The summed E-state index contributed by atoms with van der Waals surface area (Å²) < 4.78 is 21.6. The molecule has 29 heavy (non-hydrogen) atoms. The van der Waals surface area contributed by atoms with Gasteiger partial charge in [-0.25, -0.2) is 9.59 Å². The van der Waals surface area contributed by atoms with Crippen LogP contribution in [0.4, 0.5) is 0 Å². The van der Waals surface area contributed by atoms with Crippen LogP contribution in [0, 0.1) is 12.3 Å². The Kier molecular flexibility index (Phi) is 6.98. The van der Waals surface area contributed by atoms with Crippen molar-refractivity contribution < 1.29 is 33.6 Å². The van der Waals surface area contributed by atoms with E-state index in [0.717, 1.165) is 0 Å². The van der Waals surface area contributed by atoms with Gasteiger partial charge in [0.05, 0.1) is 11.1 Å². The second kappa shape index (κ2) is 9.85. The Bertz CT molecular complexity index is 860. The van der Waals surface area contributed by atoms with E-state index in [1.54, 1.807) is 60.7 Å². The molecule has 1 fully saturated rings. The first-order valence-corrected chi connectivity index (χ1v) is 8.97. The van der Waals surface area contributed by atoms with E-state index < -0.39 is 36.5 Å². The predicted molar refractivity (Wildman–Crippen MR) is 102 cm³/mol. The van der Waals surface area contributed by atoms with Gasteiger partial charge in [0.25, 0.3) is 0 Å². The summed E-state index contributed by atoms with van der Waals surface area (Å²) in [4.78, 5) is 24.6. The molecule has 0 spiro atoms. The Balaban J connectivity index is 1.70. The van der Waals surface area contributed by atoms with E-state index in [-0.39, 0.29) is 13.2 Å². The normalized spacial score (nSPS) is 23.2. The summed E-state index contributed by atoms with van der Waals surface area (Å²) in [7, 11) is 0. The maximum absolute atomic E-state index is 12.5. The Morgan fingerprint density at radius 2 is 1.55 bits per heavy atom. The number of carbonyl (C=O) groups is 2. The molecule has 150 valence electrons. The van der Waals surface area contributed by atoms with Gasteiger partial charge in [0.15, 0.2) is 12.4 Å². The van der Waals surface area contributed by atoms with Gasteiger partial charge in [-0.2, -0.15) is 0 Å². The molecule has 0 bridgehead atoms. The molecule has 1 heterocycles. The van der Waals surface area contributed by atoms with Crippen molar-refractivity contribution in [1.29, 1.82) is 0 Å². The minimum atomic E-state index is -1.39. The molecule has 1 aliphatic rings. The van der Waals surface area contributed by atoms with Gasteiger partial charge in [-0.15, -0.1) is 6.42 Å². The highest BCUT2D eigenvalue weighted by Gasteiger charge is 2.48. The van der Waals surface area contributed by atoms with Crippen molar-refractivity contribution >= 4 is 11.9 Å². The Morgan fingerprint density at radius 1 is 0.966 bits per heavy atom. The van der Waals surface area contributed by atoms with Crippen LogP contribution in [0.2, 0.25) is 0 Å². The minimum absolute atomic E-state index is 0.110. The van der Waals surface area contributed by atoms with Crippen molar-refractivity contribution in [3.05, 3.63) is 71.8 Å². The lowest BCUT2D eigenvalue weighted by atomic mass is 10.1. The maximum Gasteiger partial charge on any atom is 0.338 e. The number of hydrogen-bond donors (Lipinski definition) is 1. The number of aliphatic hydroxyl groups is 1. The monoisotopic (exact) mass is 396 g/mol. The van der Waals surface area contributed by atoms with Crippen LogP contribution in [0.5, 0.6) is 0 Å². The molecular weight excluding hydrogens is 376 g/mol. The number of benzene rings is 2. The van der Waals surface area contributed by atoms with Gasteiger partial charge in [0.2, 0.25) is 0 Å². The lowest BCUT2D eigenvalue weighted by Crippen LogP contribution is -2.41. The number of ether oxygens (including phenoxy) is 4. The molecule has 4 unspecified atom stereocenters. The number of aliphatic hydroxyl groups excluding tert-OH is 1. The molecule has 2 aromatic rings. The van der Waals surface area contributed by atoms with Crippen LogP contribution >= 0.6 is 0 Å². The lowest BCUT2D eigenvalue weighted by molar-refractivity contribution is -0.143. The maximum atomic E-state index is 12.5. The first-order chi connectivity index (χ1) is 14.1. The van der Waals surface area contributed by atoms with Gasteiger partial charge in [0, 0.05) is 0 Å². The molecule has 0 radical (unpaired) electrons. The SMILES string of the molecule is C#CCOC1C(O)OC(COC(=O)c2ccccc2)C1OC(=O)c1ccccc1. The average Bonchev–Trinajstić information content (AvgIpc) is 3.05. The summed E-state index contributed by atoms with van der Waals surface area (Å²) in [6.07, 6.45) is 0.865. The van der Waals surface area contributed by atoms with Gasteiger partial charge in [-0.05, 0) is 24.3 Å². The predicted octanol–water partition coefficient (Wildman–Crippen LogP) is 1.80. The van der Waals surface area contributed by atoms with Crippen molar-refractivity contribution in [2.75, 3.05) is 13.2 Å². The number of carbonyl (C=O) groups excluding carboxylic acids is 2. The first kappa shape index (κ1) is 20.6. The molecular formula is C22H20O7. The van der Waals surface area contributed by atoms with E-state index in [9.17, 15) is 14.7 Å². The molecule has 7 heteroatoms. The van der Waals surface area contributed by atoms with Crippen LogP contribution < -0.4 is 0 Å². The van der Waals surface area contributed by atoms with Crippen LogP contribution in [0.15, 0.2) is 60.7 Å². The Labute approximate surface area is 168 Å². The third-order valence-corrected chi connectivity index (χ3v) is 4.29. The third-order valence-electron chi connectivity index (χ3n) is 4.29. The highest BCUT2D eigenvalue weighted by atomic mass is 16.7. The number of rotatable bonds is 7. The van der Waals surface area contributed by atoms with Crippen LogP contribution in [0.25, 0.3) is 0 Å². The summed E-state index contributed by atoms with van der Waals surface area (Å²) in [6.45, 7) is -0.353. The fourth-order valence-corrected chi connectivity index (χ4v) is 2.89. The zero-order valence-electron chi connectivity index (χ0n) is 15.5. The Morgan fingerprint density at radius 3 is 2.14 bits per heavy atom. The van der Waals surface area contributed by atoms with Crippen molar-refractivity contribution in [2.45, 2.75) is 24.6 Å². The molecule has 1 saturated heterocycles. The summed E-state index contributed by atoms with van der Waals surface area (Å²) in [6, 6.07) is 16.8. The molecule has 0 aliphatic carbocycles. The molecule has 0 aromatic heterocycles. The van der Waals surface area contributed by atoms with Crippen molar-refractivity contribution in [1.82, 2.24) is 0 Å².